The summed E-state index contributed by atoms with van der Waals surface area (Å²) < 4.78 is 10.8. The van der Waals surface area contributed by atoms with Crippen molar-refractivity contribution >= 4 is 5.91 Å². The third kappa shape index (κ3) is 4.25. The topological polar surface area (TPSA) is 47.6 Å². The van der Waals surface area contributed by atoms with Crippen molar-refractivity contribution in [2.75, 3.05) is 13.7 Å². The Balaban J connectivity index is 2.08. The lowest BCUT2D eigenvalue weighted by Crippen LogP contribution is -2.23. The summed E-state index contributed by atoms with van der Waals surface area (Å²) in [6.07, 6.45) is 0. The summed E-state index contributed by atoms with van der Waals surface area (Å²) in [6.45, 7) is 6.89. The molecule has 0 saturated heterocycles. The molecule has 0 fully saturated rings. The number of ether oxygens (including phenoxy) is 2. The number of amides is 1. The maximum atomic E-state index is 12.3. The molecule has 1 amide bonds. The van der Waals surface area contributed by atoms with Crippen LogP contribution >= 0.6 is 0 Å². The fourth-order valence-electron chi connectivity index (χ4n) is 2.45. The van der Waals surface area contributed by atoms with Crippen LogP contribution in [-0.4, -0.2) is 19.6 Å². The van der Waals surface area contributed by atoms with Gasteiger partial charge in [0.25, 0.3) is 5.91 Å². The van der Waals surface area contributed by atoms with Crippen LogP contribution in [0.25, 0.3) is 0 Å². The molecule has 2 aromatic rings. The Hall–Kier alpha value is -2.49. The molecule has 0 heterocycles. The van der Waals surface area contributed by atoms with Gasteiger partial charge in [-0.05, 0) is 50.1 Å². The third-order valence-electron chi connectivity index (χ3n) is 3.61. The lowest BCUT2D eigenvalue weighted by Gasteiger charge is -2.12. The van der Waals surface area contributed by atoms with Crippen molar-refractivity contribution in [3.63, 3.8) is 0 Å². The minimum atomic E-state index is -0.0729. The van der Waals surface area contributed by atoms with Crippen LogP contribution in [0, 0.1) is 13.8 Å². The molecule has 0 unspecified atom stereocenters. The van der Waals surface area contributed by atoms with Crippen molar-refractivity contribution in [3.05, 3.63) is 58.7 Å². The third-order valence-corrected chi connectivity index (χ3v) is 3.61. The number of nitrogens with one attached hydrogen (secondary N) is 1. The van der Waals surface area contributed by atoms with Gasteiger partial charge in [-0.25, -0.2) is 0 Å². The molecule has 2 aromatic carbocycles. The standard InChI is InChI=1S/C19H23NO3/c1-5-23-18-11-15(7-9-17(18)22-4)12-20-19(21)16-8-6-13(2)10-14(16)3/h6-11H,5,12H2,1-4H3,(H,20,21). The van der Waals surface area contributed by atoms with Gasteiger partial charge in [0.1, 0.15) is 0 Å². The van der Waals surface area contributed by atoms with Crippen LogP contribution in [0.5, 0.6) is 11.5 Å². The summed E-state index contributed by atoms with van der Waals surface area (Å²) in [5.74, 6) is 1.31. The van der Waals surface area contributed by atoms with Gasteiger partial charge in [-0.2, -0.15) is 0 Å². The molecule has 0 spiro atoms. The van der Waals surface area contributed by atoms with E-state index in [-0.39, 0.29) is 5.91 Å². The lowest BCUT2D eigenvalue weighted by molar-refractivity contribution is 0.0950. The molecule has 23 heavy (non-hydrogen) atoms. The quantitative estimate of drug-likeness (QED) is 0.885. The van der Waals surface area contributed by atoms with Crippen LogP contribution in [0.4, 0.5) is 0 Å². The van der Waals surface area contributed by atoms with Gasteiger partial charge in [0.2, 0.25) is 0 Å². The summed E-state index contributed by atoms with van der Waals surface area (Å²) in [5, 5.41) is 2.95. The molecular formula is C19H23NO3. The number of hydrogen-bond donors (Lipinski definition) is 1. The first kappa shape index (κ1) is 16.9. The molecule has 0 radical (unpaired) electrons. The van der Waals surface area contributed by atoms with Gasteiger partial charge in [-0.3, -0.25) is 4.79 Å². The smallest absolute Gasteiger partial charge is 0.251 e. The average Bonchev–Trinajstić information content (AvgIpc) is 2.53. The van der Waals surface area contributed by atoms with E-state index in [1.165, 1.54) is 0 Å². The predicted octanol–water partition coefficient (Wildman–Crippen LogP) is 3.64. The van der Waals surface area contributed by atoms with Gasteiger partial charge in [-0.15, -0.1) is 0 Å². The Morgan fingerprint density at radius 2 is 1.87 bits per heavy atom. The summed E-state index contributed by atoms with van der Waals surface area (Å²) in [6, 6.07) is 11.5. The molecule has 2 rings (SSSR count). The fourth-order valence-corrected chi connectivity index (χ4v) is 2.45. The molecule has 4 nitrogen and oxygen atoms in total. The van der Waals surface area contributed by atoms with Crippen molar-refractivity contribution in [1.82, 2.24) is 5.32 Å². The normalized spacial score (nSPS) is 10.3. The predicted molar refractivity (Wildman–Crippen MR) is 91.2 cm³/mol. The van der Waals surface area contributed by atoms with Crippen LogP contribution in [0.2, 0.25) is 0 Å². The number of rotatable bonds is 6. The molecule has 0 atom stereocenters. The van der Waals surface area contributed by atoms with Crippen molar-refractivity contribution in [3.8, 4) is 11.5 Å². The van der Waals surface area contributed by atoms with E-state index in [9.17, 15) is 4.79 Å². The number of aryl methyl sites for hydroxylation is 2. The molecule has 0 bridgehead atoms. The number of carbonyl (C=O) groups is 1. The minimum Gasteiger partial charge on any atom is -0.493 e. The van der Waals surface area contributed by atoms with Gasteiger partial charge in [0, 0.05) is 12.1 Å². The highest BCUT2D eigenvalue weighted by molar-refractivity contribution is 5.95. The molecule has 0 aliphatic heterocycles. The molecular weight excluding hydrogens is 290 g/mol. The number of carbonyl (C=O) groups excluding carboxylic acids is 1. The van der Waals surface area contributed by atoms with E-state index in [1.54, 1.807) is 7.11 Å². The second-order valence-electron chi connectivity index (χ2n) is 5.42. The SMILES string of the molecule is CCOc1cc(CNC(=O)c2ccc(C)cc2C)ccc1OC. The van der Waals surface area contributed by atoms with Crippen LogP contribution in [0.15, 0.2) is 36.4 Å². The van der Waals surface area contributed by atoms with Crippen molar-refractivity contribution < 1.29 is 14.3 Å². The maximum absolute atomic E-state index is 12.3. The first-order valence-corrected chi connectivity index (χ1v) is 7.70. The molecule has 0 aliphatic carbocycles. The number of hydrogen-bond acceptors (Lipinski definition) is 3. The Labute approximate surface area is 137 Å². The molecule has 0 saturated carbocycles. The molecule has 122 valence electrons. The van der Waals surface area contributed by atoms with E-state index in [1.807, 2.05) is 57.2 Å². The maximum Gasteiger partial charge on any atom is 0.251 e. The van der Waals surface area contributed by atoms with E-state index in [4.69, 9.17) is 9.47 Å². The summed E-state index contributed by atoms with van der Waals surface area (Å²) in [5.41, 5.74) is 3.80. The van der Waals surface area contributed by atoms with E-state index < -0.39 is 0 Å². The first-order chi connectivity index (χ1) is 11.0. The van der Waals surface area contributed by atoms with Gasteiger partial charge in [0.15, 0.2) is 11.5 Å². The zero-order valence-electron chi connectivity index (χ0n) is 14.1. The van der Waals surface area contributed by atoms with Crippen molar-refractivity contribution in [1.29, 1.82) is 0 Å². The van der Waals surface area contributed by atoms with Gasteiger partial charge in [0.05, 0.1) is 13.7 Å². The monoisotopic (exact) mass is 313 g/mol. The Kier molecular flexibility index (Phi) is 5.63. The fraction of sp³-hybridized carbons (Fsp3) is 0.316. The Bertz CT molecular complexity index is 695. The lowest BCUT2D eigenvalue weighted by atomic mass is 10.1. The molecule has 0 aliphatic rings. The second-order valence-corrected chi connectivity index (χ2v) is 5.42. The first-order valence-electron chi connectivity index (χ1n) is 7.70. The van der Waals surface area contributed by atoms with Crippen LogP contribution in [0.3, 0.4) is 0 Å². The Morgan fingerprint density at radius 1 is 1.09 bits per heavy atom. The largest absolute Gasteiger partial charge is 0.493 e. The Morgan fingerprint density at radius 3 is 2.52 bits per heavy atom. The van der Waals surface area contributed by atoms with Gasteiger partial charge in [-0.1, -0.05) is 23.8 Å². The van der Waals surface area contributed by atoms with Gasteiger partial charge >= 0.3 is 0 Å². The molecule has 4 heteroatoms. The minimum absolute atomic E-state index is 0.0729. The second kappa shape index (κ2) is 7.68. The number of methoxy groups -OCH3 is 1. The summed E-state index contributed by atoms with van der Waals surface area (Å²) >= 11 is 0. The van der Waals surface area contributed by atoms with E-state index in [0.717, 1.165) is 16.7 Å². The van der Waals surface area contributed by atoms with Crippen molar-refractivity contribution in [2.45, 2.75) is 27.3 Å². The van der Waals surface area contributed by atoms with Crippen molar-refractivity contribution in [2.24, 2.45) is 0 Å². The summed E-state index contributed by atoms with van der Waals surface area (Å²) in [7, 11) is 1.61. The average molecular weight is 313 g/mol. The van der Waals surface area contributed by atoms with Crippen LogP contribution in [0.1, 0.15) is 34.0 Å². The van der Waals surface area contributed by atoms with E-state index >= 15 is 0 Å². The summed E-state index contributed by atoms with van der Waals surface area (Å²) in [4.78, 5) is 12.3. The van der Waals surface area contributed by atoms with E-state index in [0.29, 0.717) is 30.2 Å². The zero-order chi connectivity index (χ0) is 16.8. The molecule has 1 N–H and O–H groups in total. The van der Waals surface area contributed by atoms with Gasteiger partial charge < -0.3 is 14.8 Å². The molecule has 0 aromatic heterocycles. The highest BCUT2D eigenvalue weighted by Gasteiger charge is 2.10. The van der Waals surface area contributed by atoms with Crippen LogP contribution < -0.4 is 14.8 Å². The highest BCUT2D eigenvalue weighted by atomic mass is 16.5. The van der Waals surface area contributed by atoms with Crippen LogP contribution in [-0.2, 0) is 6.54 Å². The van der Waals surface area contributed by atoms with E-state index in [2.05, 4.69) is 5.32 Å². The zero-order valence-corrected chi connectivity index (χ0v) is 14.1. The number of benzene rings is 2. The highest BCUT2D eigenvalue weighted by Crippen LogP contribution is 2.28.